The first-order valence-corrected chi connectivity index (χ1v) is 14.5. The molecule has 0 spiro atoms. The average Bonchev–Trinajstić information content (AvgIpc) is 3.17. The van der Waals surface area contributed by atoms with Gasteiger partial charge in [0.05, 0.1) is 24.5 Å². The summed E-state index contributed by atoms with van der Waals surface area (Å²) in [4.78, 5) is 27.8. The molecule has 210 valence electrons. The Bertz CT molecular complexity index is 1280. The number of fused-ring (bicyclic) bond motifs is 2. The molecule has 6 heteroatoms. The number of imide groups is 1. The molecule has 1 aliphatic carbocycles. The second-order valence-electron chi connectivity index (χ2n) is 11.4. The summed E-state index contributed by atoms with van der Waals surface area (Å²) in [6.45, 7) is 8.32. The lowest BCUT2D eigenvalue weighted by atomic mass is 9.66. The number of phenolic OH excluding ortho intramolecular Hbond substituents is 1. The fourth-order valence-corrected chi connectivity index (χ4v) is 6.67. The van der Waals surface area contributed by atoms with Crippen LogP contribution in [0.1, 0.15) is 71.8 Å². The molecule has 0 unspecified atom stereocenters. The number of aliphatic hydroxyl groups is 2. The van der Waals surface area contributed by atoms with E-state index in [0.717, 1.165) is 40.3 Å². The van der Waals surface area contributed by atoms with Gasteiger partial charge in [-0.25, -0.2) is 0 Å². The van der Waals surface area contributed by atoms with E-state index in [1.54, 1.807) is 6.07 Å². The van der Waals surface area contributed by atoms with Gasteiger partial charge in [-0.05, 0) is 60.6 Å². The highest BCUT2D eigenvalue weighted by Gasteiger charge is 2.54. The van der Waals surface area contributed by atoms with Crippen molar-refractivity contribution in [1.29, 1.82) is 0 Å². The largest absolute Gasteiger partial charge is 0.507 e. The van der Waals surface area contributed by atoms with Crippen molar-refractivity contribution < 1.29 is 24.9 Å². The van der Waals surface area contributed by atoms with Crippen LogP contribution in [0.4, 0.5) is 0 Å². The maximum absolute atomic E-state index is 13.3. The summed E-state index contributed by atoms with van der Waals surface area (Å²) in [7, 11) is 0. The van der Waals surface area contributed by atoms with Gasteiger partial charge in [0.15, 0.2) is 0 Å². The fourth-order valence-electron chi connectivity index (χ4n) is 6.67. The van der Waals surface area contributed by atoms with Crippen LogP contribution in [0.5, 0.6) is 5.75 Å². The number of phenols is 1. The van der Waals surface area contributed by atoms with Gasteiger partial charge in [-0.1, -0.05) is 81.7 Å². The molecule has 2 aliphatic rings. The molecular formula is C33H43NO5. The first-order chi connectivity index (χ1) is 18.7. The van der Waals surface area contributed by atoms with Crippen molar-refractivity contribution in [2.24, 2.45) is 23.7 Å². The van der Waals surface area contributed by atoms with Crippen molar-refractivity contribution in [3.63, 3.8) is 0 Å². The molecule has 1 saturated heterocycles. The van der Waals surface area contributed by atoms with Crippen molar-refractivity contribution in [3.8, 4) is 5.75 Å². The van der Waals surface area contributed by atoms with E-state index in [2.05, 4.69) is 26.8 Å². The number of aliphatic hydroxyl groups excluding tert-OH is 2. The molecular weight excluding hydrogens is 490 g/mol. The summed E-state index contributed by atoms with van der Waals surface area (Å²) in [5.41, 5.74) is 4.00. The number of likely N-dealkylation sites (tertiary alicyclic amines) is 1. The Morgan fingerprint density at radius 1 is 1.03 bits per heavy atom. The third kappa shape index (κ3) is 5.68. The molecule has 1 fully saturated rings. The fraction of sp³-hybridized carbons (Fsp3) is 0.515. The van der Waals surface area contributed by atoms with Gasteiger partial charge in [0.2, 0.25) is 11.8 Å². The van der Waals surface area contributed by atoms with Crippen LogP contribution < -0.4 is 0 Å². The molecule has 0 radical (unpaired) electrons. The number of carbonyl (C=O) groups excluding carboxylic acids is 2. The van der Waals surface area contributed by atoms with Crippen molar-refractivity contribution in [2.45, 2.75) is 72.3 Å². The highest BCUT2D eigenvalue weighted by atomic mass is 16.3. The van der Waals surface area contributed by atoms with E-state index >= 15 is 0 Å². The van der Waals surface area contributed by atoms with Crippen molar-refractivity contribution in [3.05, 3.63) is 58.7 Å². The highest BCUT2D eigenvalue weighted by molar-refractivity contribution is 6.06. The van der Waals surface area contributed by atoms with E-state index in [-0.39, 0.29) is 30.1 Å². The van der Waals surface area contributed by atoms with Crippen molar-refractivity contribution >= 4 is 28.7 Å². The topological polar surface area (TPSA) is 98.1 Å². The molecule has 2 amide bonds. The summed E-state index contributed by atoms with van der Waals surface area (Å²) < 4.78 is 0. The Morgan fingerprint density at radius 3 is 2.38 bits per heavy atom. The van der Waals surface area contributed by atoms with E-state index in [1.807, 2.05) is 37.3 Å². The Kier molecular flexibility index (Phi) is 9.29. The molecule has 4 atom stereocenters. The Balaban J connectivity index is 1.62. The zero-order valence-corrected chi connectivity index (χ0v) is 23.7. The van der Waals surface area contributed by atoms with Gasteiger partial charge in [-0.15, -0.1) is 0 Å². The second-order valence-corrected chi connectivity index (χ2v) is 11.4. The Hall–Kier alpha value is -2.96. The Morgan fingerprint density at radius 2 is 1.74 bits per heavy atom. The molecule has 3 N–H and O–H groups in total. The SMILES string of the molecule is CCC/C(=C\c1ccc(O)c2ccccc12)CC[C@@H](O)C1=C(C(C)C)C[C@H]2C(=O)N(CCC)C(=O)[C@H]2[C@H]1CO. The van der Waals surface area contributed by atoms with Crippen LogP contribution >= 0.6 is 0 Å². The number of hydrogen-bond donors (Lipinski definition) is 3. The van der Waals surface area contributed by atoms with E-state index in [1.165, 1.54) is 10.5 Å². The van der Waals surface area contributed by atoms with Gasteiger partial charge in [-0.2, -0.15) is 0 Å². The first kappa shape index (κ1) is 29.0. The van der Waals surface area contributed by atoms with Gasteiger partial charge in [-0.3, -0.25) is 14.5 Å². The summed E-state index contributed by atoms with van der Waals surface area (Å²) in [5.74, 6) is -1.58. The number of aromatic hydroxyl groups is 1. The molecule has 2 aromatic carbocycles. The lowest BCUT2D eigenvalue weighted by molar-refractivity contribution is -0.140. The van der Waals surface area contributed by atoms with Gasteiger partial charge >= 0.3 is 0 Å². The van der Waals surface area contributed by atoms with Crippen molar-refractivity contribution in [1.82, 2.24) is 4.90 Å². The van der Waals surface area contributed by atoms with Crippen LogP contribution in [0.25, 0.3) is 16.8 Å². The second kappa shape index (κ2) is 12.5. The molecule has 0 aromatic heterocycles. The summed E-state index contributed by atoms with van der Waals surface area (Å²) >= 11 is 0. The average molecular weight is 534 g/mol. The van der Waals surface area contributed by atoms with Gasteiger partial charge in [0.25, 0.3) is 0 Å². The zero-order chi connectivity index (χ0) is 28.3. The van der Waals surface area contributed by atoms with E-state index in [4.69, 9.17) is 0 Å². The summed E-state index contributed by atoms with van der Waals surface area (Å²) in [6.07, 6.45) is 5.51. The molecule has 39 heavy (non-hydrogen) atoms. The summed E-state index contributed by atoms with van der Waals surface area (Å²) in [6, 6.07) is 11.4. The molecule has 6 nitrogen and oxygen atoms in total. The van der Waals surface area contributed by atoms with Crippen LogP contribution in [0.15, 0.2) is 53.1 Å². The number of allylic oxidation sites excluding steroid dienone is 2. The van der Waals surface area contributed by atoms with Crippen LogP contribution in [0.2, 0.25) is 0 Å². The molecule has 1 aliphatic heterocycles. The lowest BCUT2D eigenvalue weighted by Crippen LogP contribution is -2.40. The van der Waals surface area contributed by atoms with Crippen LogP contribution in [-0.2, 0) is 9.59 Å². The first-order valence-electron chi connectivity index (χ1n) is 14.5. The molecule has 1 heterocycles. The maximum atomic E-state index is 13.3. The standard InChI is InChI=1S/C33H43NO5/c1-5-9-21(17-22-13-15-28(36)24-11-8-7-10-23(22)24)12-14-29(37)30-25(20(3)4)18-26-31(27(30)19-35)33(39)34(16-6-2)32(26)38/h7-8,10-11,13,15,17,20,26-27,29,31,35-37H,5-6,9,12,14,16,18-19H2,1-4H3/b21-17+/t26-,27+,29-,31-/m1/s1. The number of hydrogen-bond acceptors (Lipinski definition) is 5. The molecule has 4 rings (SSSR count). The quantitative estimate of drug-likeness (QED) is 0.249. The number of rotatable bonds is 11. The van der Waals surface area contributed by atoms with E-state index < -0.39 is 23.9 Å². The summed E-state index contributed by atoms with van der Waals surface area (Å²) in [5, 5.41) is 34.2. The highest BCUT2D eigenvalue weighted by Crippen LogP contribution is 2.48. The molecule has 0 saturated carbocycles. The molecule has 2 aromatic rings. The van der Waals surface area contributed by atoms with Crippen LogP contribution in [0.3, 0.4) is 0 Å². The minimum absolute atomic E-state index is 0.0989. The lowest BCUT2D eigenvalue weighted by Gasteiger charge is -2.38. The zero-order valence-electron chi connectivity index (χ0n) is 23.7. The smallest absolute Gasteiger partial charge is 0.233 e. The Labute approximate surface area is 232 Å². The minimum atomic E-state index is -0.805. The normalized spacial score (nSPS) is 22.8. The number of carbonyl (C=O) groups is 2. The third-order valence-corrected chi connectivity index (χ3v) is 8.52. The monoisotopic (exact) mass is 533 g/mol. The van der Waals surface area contributed by atoms with Crippen LogP contribution in [0, 0.1) is 23.7 Å². The van der Waals surface area contributed by atoms with Crippen LogP contribution in [-0.4, -0.2) is 51.3 Å². The third-order valence-electron chi connectivity index (χ3n) is 8.52. The molecule has 0 bridgehead atoms. The predicted molar refractivity (Wildman–Crippen MR) is 155 cm³/mol. The van der Waals surface area contributed by atoms with Gasteiger partial charge < -0.3 is 15.3 Å². The van der Waals surface area contributed by atoms with E-state index in [0.29, 0.717) is 32.2 Å². The maximum Gasteiger partial charge on any atom is 0.233 e. The number of nitrogens with zero attached hydrogens (tertiary/aromatic N) is 1. The number of benzene rings is 2. The number of amides is 2. The van der Waals surface area contributed by atoms with Gasteiger partial charge in [0, 0.05) is 17.8 Å². The minimum Gasteiger partial charge on any atom is -0.507 e. The predicted octanol–water partition coefficient (Wildman–Crippen LogP) is 5.85. The van der Waals surface area contributed by atoms with E-state index in [9.17, 15) is 24.9 Å². The van der Waals surface area contributed by atoms with Crippen molar-refractivity contribution in [2.75, 3.05) is 13.2 Å². The van der Waals surface area contributed by atoms with Gasteiger partial charge in [0.1, 0.15) is 5.75 Å².